The number of ether oxygens (including phenoxy) is 3. The topological polar surface area (TPSA) is 79.1 Å². The zero-order chi connectivity index (χ0) is 21.7. The SMILES string of the molecule is CCOc1ccc2c(c1)sc(=NC(=O)Cc1ccc(OC)c(C)c1)n2CC(=O)OC. The van der Waals surface area contributed by atoms with Crippen molar-refractivity contribution in [3.05, 3.63) is 52.3 Å². The maximum atomic E-state index is 12.7. The minimum atomic E-state index is -0.414. The molecule has 0 saturated heterocycles. The number of carbonyl (C=O) groups excluding carboxylic acids is 2. The van der Waals surface area contributed by atoms with E-state index in [9.17, 15) is 9.59 Å². The fourth-order valence-corrected chi connectivity index (χ4v) is 4.19. The normalized spacial score (nSPS) is 11.5. The van der Waals surface area contributed by atoms with E-state index in [2.05, 4.69) is 4.99 Å². The standard InChI is InChI=1S/C22H24N2O5S/c1-5-29-16-7-8-17-19(12-16)30-22(24(17)13-21(26)28-4)23-20(25)11-15-6-9-18(27-3)14(2)10-15/h6-10,12H,5,11,13H2,1-4H3. The van der Waals surface area contributed by atoms with Gasteiger partial charge in [-0.2, -0.15) is 4.99 Å². The number of fused-ring (bicyclic) bond motifs is 1. The molecule has 7 nitrogen and oxygen atoms in total. The summed E-state index contributed by atoms with van der Waals surface area (Å²) < 4.78 is 18.2. The van der Waals surface area contributed by atoms with Crippen molar-refractivity contribution in [1.82, 2.24) is 4.57 Å². The Kier molecular flexibility index (Phi) is 6.89. The fourth-order valence-electron chi connectivity index (χ4n) is 3.11. The third kappa shape index (κ3) is 4.88. The lowest BCUT2D eigenvalue weighted by Gasteiger charge is -2.06. The van der Waals surface area contributed by atoms with Gasteiger partial charge in [0, 0.05) is 0 Å². The summed E-state index contributed by atoms with van der Waals surface area (Å²) in [6.45, 7) is 4.36. The van der Waals surface area contributed by atoms with Crippen LogP contribution in [0.3, 0.4) is 0 Å². The van der Waals surface area contributed by atoms with Crippen LogP contribution in [0, 0.1) is 6.92 Å². The van der Waals surface area contributed by atoms with E-state index in [1.165, 1.54) is 18.4 Å². The van der Waals surface area contributed by atoms with Crippen molar-refractivity contribution in [3.8, 4) is 11.5 Å². The molecule has 0 radical (unpaired) electrons. The number of amides is 1. The maximum Gasteiger partial charge on any atom is 0.325 e. The first-order chi connectivity index (χ1) is 14.4. The van der Waals surface area contributed by atoms with Crippen LogP contribution in [0.2, 0.25) is 0 Å². The Morgan fingerprint density at radius 3 is 2.60 bits per heavy atom. The van der Waals surface area contributed by atoms with E-state index < -0.39 is 5.97 Å². The molecule has 1 amide bonds. The number of benzene rings is 2. The number of hydrogen-bond acceptors (Lipinski definition) is 6. The van der Waals surface area contributed by atoms with Crippen LogP contribution in [0.25, 0.3) is 10.2 Å². The van der Waals surface area contributed by atoms with Crippen LogP contribution >= 0.6 is 11.3 Å². The van der Waals surface area contributed by atoms with Crippen molar-refractivity contribution in [2.75, 3.05) is 20.8 Å². The van der Waals surface area contributed by atoms with E-state index in [1.54, 1.807) is 11.7 Å². The minimum absolute atomic E-state index is 0.0295. The van der Waals surface area contributed by atoms with E-state index in [0.29, 0.717) is 11.4 Å². The maximum absolute atomic E-state index is 12.7. The number of thiazole rings is 1. The smallest absolute Gasteiger partial charge is 0.325 e. The van der Waals surface area contributed by atoms with Crippen LogP contribution in [-0.2, 0) is 27.3 Å². The Morgan fingerprint density at radius 2 is 1.93 bits per heavy atom. The second-order valence-electron chi connectivity index (χ2n) is 6.60. The van der Waals surface area contributed by atoms with Crippen LogP contribution < -0.4 is 14.3 Å². The van der Waals surface area contributed by atoms with Crippen molar-refractivity contribution in [3.63, 3.8) is 0 Å². The number of nitrogens with zero attached hydrogens (tertiary/aromatic N) is 2. The molecule has 3 rings (SSSR count). The molecule has 2 aromatic carbocycles. The van der Waals surface area contributed by atoms with Crippen molar-refractivity contribution in [2.24, 2.45) is 4.99 Å². The second-order valence-corrected chi connectivity index (χ2v) is 7.60. The highest BCUT2D eigenvalue weighted by Gasteiger charge is 2.13. The van der Waals surface area contributed by atoms with E-state index >= 15 is 0 Å². The zero-order valence-corrected chi connectivity index (χ0v) is 18.2. The number of aryl methyl sites for hydroxylation is 1. The first-order valence-corrected chi connectivity index (χ1v) is 10.3. The number of carbonyl (C=O) groups is 2. The summed E-state index contributed by atoms with van der Waals surface area (Å²) in [6.07, 6.45) is 0.154. The van der Waals surface area contributed by atoms with Gasteiger partial charge in [-0.15, -0.1) is 0 Å². The largest absolute Gasteiger partial charge is 0.496 e. The van der Waals surface area contributed by atoms with Crippen LogP contribution in [0.5, 0.6) is 11.5 Å². The van der Waals surface area contributed by atoms with Gasteiger partial charge in [0.15, 0.2) is 4.80 Å². The molecule has 0 spiro atoms. The molecule has 0 aliphatic carbocycles. The van der Waals surface area contributed by atoms with Gasteiger partial charge in [0.25, 0.3) is 5.91 Å². The van der Waals surface area contributed by atoms with Gasteiger partial charge in [-0.05, 0) is 49.2 Å². The molecule has 0 fully saturated rings. The monoisotopic (exact) mass is 428 g/mol. The molecule has 0 unspecified atom stereocenters. The third-order valence-corrected chi connectivity index (χ3v) is 5.56. The van der Waals surface area contributed by atoms with Gasteiger partial charge >= 0.3 is 5.97 Å². The third-order valence-electron chi connectivity index (χ3n) is 4.52. The number of hydrogen-bond donors (Lipinski definition) is 0. The van der Waals surface area contributed by atoms with E-state index in [4.69, 9.17) is 14.2 Å². The summed E-state index contributed by atoms with van der Waals surface area (Å²) in [6, 6.07) is 11.2. The summed E-state index contributed by atoms with van der Waals surface area (Å²) in [5.74, 6) is 0.787. The number of aromatic nitrogens is 1. The van der Waals surface area contributed by atoms with Gasteiger partial charge in [0.1, 0.15) is 18.0 Å². The molecule has 158 valence electrons. The summed E-state index contributed by atoms with van der Waals surface area (Å²) in [5.41, 5.74) is 2.59. The molecular weight excluding hydrogens is 404 g/mol. The highest BCUT2D eigenvalue weighted by molar-refractivity contribution is 7.16. The summed E-state index contributed by atoms with van der Waals surface area (Å²) >= 11 is 1.33. The van der Waals surface area contributed by atoms with Gasteiger partial charge < -0.3 is 18.8 Å². The number of rotatable bonds is 7. The first kappa shape index (κ1) is 21.6. The molecule has 1 aromatic heterocycles. The first-order valence-electron chi connectivity index (χ1n) is 9.49. The molecule has 1 heterocycles. The number of esters is 1. The highest BCUT2D eigenvalue weighted by Crippen LogP contribution is 2.24. The van der Waals surface area contributed by atoms with Gasteiger partial charge in [0.2, 0.25) is 0 Å². The molecule has 0 bridgehead atoms. The average molecular weight is 429 g/mol. The van der Waals surface area contributed by atoms with Crippen LogP contribution in [-0.4, -0.2) is 37.3 Å². The summed E-state index contributed by atoms with van der Waals surface area (Å²) in [5, 5.41) is 0. The molecule has 0 atom stereocenters. The summed E-state index contributed by atoms with van der Waals surface area (Å²) in [4.78, 5) is 29.3. The minimum Gasteiger partial charge on any atom is -0.496 e. The van der Waals surface area contributed by atoms with Crippen molar-refractivity contribution in [2.45, 2.75) is 26.8 Å². The Bertz CT molecular complexity index is 1150. The zero-order valence-electron chi connectivity index (χ0n) is 17.4. The van der Waals surface area contributed by atoms with Gasteiger partial charge in [-0.25, -0.2) is 0 Å². The molecule has 0 aliphatic rings. The predicted octanol–water partition coefficient (Wildman–Crippen LogP) is 3.26. The molecule has 0 N–H and O–H groups in total. The molecule has 8 heteroatoms. The Morgan fingerprint density at radius 1 is 1.13 bits per heavy atom. The van der Waals surface area contributed by atoms with Gasteiger partial charge in [-0.1, -0.05) is 23.5 Å². The lowest BCUT2D eigenvalue weighted by molar-refractivity contribution is -0.141. The van der Waals surface area contributed by atoms with Crippen molar-refractivity contribution in [1.29, 1.82) is 0 Å². The van der Waals surface area contributed by atoms with Crippen molar-refractivity contribution < 1.29 is 23.8 Å². The van der Waals surface area contributed by atoms with Crippen molar-refractivity contribution >= 4 is 33.4 Å². The van der Waals surface area contributed by atoms with Gasteiger partial charge in [0.05, 0.1) is 37.5 Å². The average Bonchev–Trinajstić information content (AvgIpc) is 3.04. The lowest BCUT2D eigenvalue weighted by atomic mass is 10.1. The Hall–Kier alpha value is -3.13. The Labute approximate surface area is 178 Å². The predicted molar refractivity (Wildman–Crippen MR) is 115 cm³/mol. The highest BCUT2D eigenvalue weighted by atomic mass is 32.1. The Balaban J connectivity index is 1.98. The quantitative estimate of drug-likeness (QED) is 0.540. The van der Waals surface area contributed by atoms with Crippen LogP contribution in [0.15, 0.2) is 41.4 Å². The molecule has 0 aliphatic heterocycles. The van der Waals surface area contributed by atoms with Crippen LogP contribution in [0.1, 0.15) is 18.1 Å². The van der Waals surface area contributed by atoms with Crippen LogP contribution in [0.4, 0.5) is 0 Å². The molecule has 30 heavy (non-hydrogen) atoms. The molecule has 0 saturated carbocycles. The summed E-state index contributed by atoms with van der Waals surface area (Å²) in [7, 11) is 2.94. The lowest BCUT2D eigenvalue weighted by Crippen LogP contribution is -2.22. The molecular formula is C22H24N2O5S. The van der Waals surface area contributed by atoms with E-state index in [0.717, 1.165) is 32.8 Å². The van der Waals surface area contributed by atoms with E-state index in [-0.39, 0.29) is 18.9 Å². The second kappa shape index (κ2) is 9.58. The van der Waals surface area contributed by atoms with E-state index in [1.807, 2.05) is 50.2 Å². The number of methoxy groups -OCH3 is 2. The fraction of sp³-hybridized carbons (Fsp3) is 0.318. The molecule has 3 aromatic rings. The van der Waals surface area contributed by atoms with Gasteiger partial charge in [-0.3, -0.25) is 9.59 Å².